The van der Waals surface area contributed by atoms with Crippen molar-refractivity contribution in [2.75, 3.05) is 69.6 Å². The van der Waals surface area contributed by atoms with Gasteiger partial charge in [-0.25, -0.2) is 4.79 Å². The number of nitrogens with one attached hydrogen (secondary N) is 1. The summed E-state index contributed by atoms with van der Waals surface area (Å²) in [4.78, 5) is 51.2. The van der Waals surface area contributed by atoms with Crippen LogP contribution in [0.1, 0.15) is 63.0 Å². The SMILES string of the molecule is CN1CCN(c2ccc(C3SC(CC(=O)N4CCC(N5CCc6ccccc6NC5=O)CC4)C(=O)N3CCC(C)(C)C)cc2)CC1. The highest BCUT2D eigenvalue weighted by Crippen LogP contribution is 2.45. The van der Waals surface area contributed by atoms with Crippen LogP contribution in [0.4, 0.5) is 16.2 Å². The number of piperazine rings is 1. The number of hydrogen-bond donors (Lipinski definition) is 1. The molecule has 2 unspecified atom stereocenters. The van der Waals surface area contributed by atoms with Crippen molar-refractivity contribution in [1.82, 2.24) is 19.6 Å². The molecule has 0 radical (unpaired) electrons. The molecule has 1 N–H and O–H groups in total. The lowest BCUT2D eigenvalue weighted by Crippen LogP contribution is -2.50. The molecule has 0 aromatic heterocycles. The molecular weight excluding hydrogens is 597 g/mol. The van der Waals surface area contributed by atoms with E-state index < -0.39 is 0 Å². The van der Waals surface area contributed by atoms with Crippen LogP contribution in [0.25, 0.3) is 0 Å². The number of piperidine rings is 1. The zero-order chi connectivity index (χ0) is 32.4. The van der Waals surface area contributed by atoms with Gasteiger partial charge in [-0.2, -0.15) is 0 Å². The number of hydrogen-bond acceptors (Lipinski definition) is 6. The fourth-order valence-electron chi connectivity index (χ4n) is 7.03. The summed E-state index contributed by atoms with van der Waals surface area (Å²) in [5.74, 6) is 0.116. The van der Waals surface area contributed by atoms with Gasteiger partial charge < -0.3 is 29.8 Å². The fourth-order valence-corrected chi connectivity index (χ4v) is 8.50. The second-order valence-electron chi connectivity index (χ2n) is 14.5. The molecule has 4 amide bonds. The number of urea groups is 1. The molecule has 4 aliphatic rings. The van der Waals surface area contributed by atoms with Gasteiger partial charge in [0.25, 0.3) is 0 Å². The van der Waals surface area contributed by atoms with Crippen LogP contribution < -0.4 is 10.2 Å². The van der Waals surface area contributed by atoms with Crippen LogP contribution in [0.5, 0.6) is 0 Å². The fraction of sp³-hybridized carbons (Fsp3) is 0.583. The van der Waals surface area contributed by atoms with Crippen LogP contribution in [0.3, 0.4) is 0 Å². The molecule has 3 saturated heterocycles. The molecule has 2 aromatic rings. The predicted octanol–water partition coefficient (Wildman–Crippen LogP) is 5.29. The largest absolute Gasteiger partial charge is 0.369 e. The van der Waals surface area contributed by atoms with E-state index in [2.05, 4.69) is 73.3 Å². The Bertz CT molecular complexity index is 1400. The van der Waals surface area contributed by atoms with Gasteiger partial charge in [-0.15, -0.1) is 11.8 Å². The quantitative estimate of drug-likeness (QED) is 0.441. The second-order valence-corrected chi connectivity index (χ2v) is 15.8. The zero-order valence-electron chi connectivity index (χ0n) is 27.9. The number of anilines is 2. The third-order valence-corrected chi connectivity index (χ3v) is 11.5. The Morgan fingerprint density at radius 3 is 2.30 bits per heavy atom. The van der Waals surface area contributed by atoms with Crippen LogP contribution in [-0.2, 0) is 16.0 Å². The lowest BCUT2D eigenvalue weighted by molar-refractivity contribution is -0.137. The van der Waals surface area contributed by atoms with Gasteiger partial charge >= 0.3 is 6.03 Å². The van der Waals surface area contributed by atoms with Crippen LogP contribution >= 0.6 is 11.8 Å². The van der Waals surface area contributed by atoms with E-state index in [-0.39, 0.29) is 46.3 Å². The maximum absolute atomic E-state index is 13.9. The highest BCUT2D eigenvalue weighted by atomic mass is 32.2. The van der Waals surface area contributed by atoms with Gasteiger partial charge in [0.1, 0.15) is 5.37 Å². The summed E-state index contributed by atoms with van der Waals surface area (Å²) in [5.41, 5.74) is 4.50. The van der Waals surface area contributed by atoms with Crippen molar-refractivity contribution < 1.29 is 14.4 Å². The summed E-state index contributed by atoms with van der Waals surface area (Å²) < 4.78 is 0. The van der Waals surface area contributed by atoms with Crippen LogP contribution in [0, 0.1) is 5.41 Å². The van der Waals surface area contributed by atoms with E-state index >= 15 is 0 Å². The van der Waals surface area contributed by atoms with E-state index in [9.17, 15) is 14.4 Å². The maximum atomic E-state index is 13.9. The lowest BCUT2D eigenvalue weighted by atomic mass is 9.92. The Morgan fingerprint density at radius 2 is 1.61 bits per heavy atom. The first-order valence-corrected chi connectivity index (χ1v) is 17.9. The summed E-state index contributed by atoms with van der Waals surface area (Å²) in [6.07, 6.45) is 3.44. The molecule has 0 spiro atoms. The van der Waals surface area contributed by atoms with E-state index in [1.807, 2.05) is 32.9 Å². The number of fused-ring (bicyclic) bond motifs is 1. The number of benzene rings is 2. The molecule has 10 heteroatoms. The molecule has 4 aliphatic heterocycles. The number of para-hydroxylation sites is 1. The van der Waals surface area contributed by atoms with E-state index in [0.717, 1.165) is 68.7 Å². The highest BCUT2D eigenvalue weighted by Gasteiger charge is 2.43. The van der Waals surface area contributed by atoms with Crippen molar-refractivity contribution in [3.63, 3.8) is 0 Å². The number of thioether (sulfide) groups is 1. The molecule has 6 rings (SSSR count). The van der Waals surface area contributed by atoms with E-state index in [1.165, 1.54) is 5.69 Å². The Morgan fingerprint density at radius 1 is 0.913 bits per heavy atom. The Labute approximate surface area is 278 Å². The summed E-state index contributed by atoms with van der Waals surface area (Å²) in [7, 11) is 2.17. The van der Waals surface area contributed by atoms with Gasteiger partial charge in [0.05, 0.1) is 5.25 Å². The van der Waals surface area contributed by atoms with Crippen molar-refractivity contribution in [1.29, 1.82) is 0 Å². The number of likely N-dealkylation sites (N-methyl/N-ethyl adjacent to an activating group) is 1. The summed E-state index contributed by atoms with van der Waals surface area (Å²) in [6, 6.07) is 16.8. The van der Waals surface area contributed by atoms with Crippen molar-refractivity contribution >= 4 is 41.0 Å². The summed E-state index contributed by atoms with van der Waals surface area (Å²) in [5, 5.41) is 2.60. The molecule has 248 valence electrons. The number of rotatable bonds is 7. The Hall–Kier alpha value is -3.24. The molecule has 46 heavy (non-hydrogen) atoms. The molecule has 0 saturated carbocycles. The predicted molar refractivity (Wildman–Crippen MR) is 186 cm³/mol. The Kier molecular flexibility index (Phi) is 9.85. The first-order valence-electron chi connectivity index (χ1n) is 17.0. The number of carbonyl (C=O) groups is 3. The van der Waals surface area contributed by atoms with Crippen molar-refractivity contribution in [2.45, 2.75) is 69.5 Å². The Balaban J connectivity index is 1.07. The van der Waals surface area contributed by atoms with Crippen LogP contribution in [-0.4, -0.2) is 108 Å². The molecule has 0 aliphatic carbocycles. The monoisotopic (exact) mass is 646 g/mol. The third kappa shape index (κ3) is 7.49. The molecule has 2 aromatic carbocycles. The molecule has 9 nitrogen and oxygen atoms in total. The van der Waals surface area contributed by atoms with Crippen LogP contribution in [0.15, 0.2) is 48.5 Å². The normalized spacial score (nSPS) is 23.4. The van der Waals surface area contributed by atoms with Crippen LogP contribution in [0.2, 0.25) is 0 Å². The second kappa shape index (κ2) is 13.9. The van der Waals surface area contributed by atoms with Gasteiger partial charge in [-0.3, -0.25) is 9.59 Å². The standard InChI is InChI=1S/C36H50N6O3S/c1-36(2,3)16-20-42-33(44)31(46-34(42)27-9-11-28(12-10-27)39-23-21-38(4)22-24-39)25-32(43)40-17-14-29(15-18-40)41-19-13-26-7-5-6-8-30(26)37-35(41)45/h5-12,29,31,34H,13-25H2,1-4H3,(H,37,45). The average Bonchev–Trinajstić information content (AvgIpc) is 3.24. The molecule has 3 fully saturated rings. The average molecular weight is 647 g/mol. The smallest absolute Gasteiger partial charge is 0.322 e. The highest BCUT2D eigenvalue weighted by molar-refractivity contribution is 8.01. The minimum atomic E-state index is -0.387. The maximum Gasteiger partial charge on any atom is 0.322 e. The van der Waals surface area contributed by atoms with Gasteiger partial charge in [0.2, 0.25) is 11.8 Å². The first kappa shape index (κ1) is 32.7. The van der Waals surface area contributed by atoms with Gasteiger partial charge in [0.15, 0.2) is 0 Å². The van der Waals surface area contributed by atoms with Gasteiger partial charge in [0, 0.05) is 76.2 Å². The minimum Gasteiger partial charge on any atom is -0.369 e. The first-order chi connectivity index (χ1) is 22.1. The number of likely N-dealkylation sites (tertiary alicyclic amines) is 1. The van der Waals surface area contributed by atoms with E-state index in [1.54, 1.807) is 11.8 Å². The van der Waals surface area contributed by atoms with Gasteiger partial charge in [-0.05, 0) is 67.5 Å². The topological polar surface area (TPSA) is 79.4 Å². The number of carbonyl (C=O) groups excluding carboxylic acids is 3. The van der Waals surface area contributed by atoms with Gasteiger partial charge in [-0.1, -0.05) is 51.1 Å². The number of amides is 4. The van der Waals surface area contributed by atoms with E-state index in [4.69, 9.17) is 0 Å². The molecular formula is C36H50N6O3S. The molecule has 4 heterocycles. The molecule has 0 bridgehead atoms. The van der Waals surface area contributed by atoms with Crippen molar-refractivity contribution in [3.05, 3.63) is 59.7 Å². The number of nitrogens with zero attached hydrogens (tertiary/aromatic N) is 5. The zero-order valence-corrected chi connectivity index (χ0v) is 28.7. The lowest BCUT2D eigenvalue weighted by Gasteiger charge is -2.38. The van der Waals surface area contributed by atoms with Crippen molar-refractivity contribution in [2.24, 2.45) is 5.41 Å². The molecule has 2 atom stereocenters. The summed E-state index contributed by atoms with van der Waals surface area (Å²) in [6.45, 7) is 13.4. The third-order valence-electron chi connectivity index (χ3n) is 10.0. The minimum absolute atomic E-state index is 0.0406. The van der Waals surface area contributed by atoms with Crippen molar-refractivity contribution in [3.8, 4) is 0 Å². The summed E-state index contributed by atoms with van der Waals surface area (Å²) >= 11 is 1.63. The van der Waals surface area contributed by atoms with E-state index in [0.29, 0.717) is 26.2 Å².